The smallest absolute Gasteiger partial charge is 0.307 e. The van der Waals surface area contributed by atoms with Crippen LogP contribution in [0.1, 0.15) is 19.0 Å². The standard InChI is InChI=1S/C11H13N3O4S/c1-2-18-11(15)5-7-14-19(16,17)10-4-3-6-13-9(10)8-12/h3-4,6,14H,2,5,7H2,1H3. The van der Waals surface area contributed by atoms with Crippen molar-refractivity contribution in [1.82, 2.24) is 9.71 Å². The van der Waals surface area contributed by atoms with Crippen LogP contribution in [0.3, 0.4) is 0 Å². The van der Waals surface area contributed by atoms with Gasteiger partial charge in [-0.3, -0.25) is 4.79 Å². The number of aromatic nitrogens is 1. The number of pyridine rings is 1. The van der Waals surface area contributed by atoms with Gasteiger partial charge >= 0.3 is 5.97 Å². The van der Waals surface area contributed by atoms with Gasteiger partial charge in [-0.1, -0.05) is 0 Å². The molecular weight excluding hydrogens is 270 g/mol. The number of ether oxygens (including phenoxy) is 1. The topological polar surface area (TPSA) is 109 Å². The summed E-state index contributed by atoms with van der Waals surface area (Å²) in [5.74, 6) is -0.489. The molecule has 0 aliphatic rings. The molecule has 1 N–H and O–H groups in total. The quantitative estimate of drug-likeness (QED) is 0.746. The number of nitrogens with zero attached hydrogens (tertiary/aromatic N) is 2. The van der Waals surface area contributed by atoms with Gasteiger partial charge in [0.1, 0.15) is 11.0 Å². The van der Waals surface area contributed by atoms with E-state index in [2.05, 4.69) is 14.4 Å². The summed E-state index contributed by atoms with van der Waals surface area (Å²) >= 11 is 0. The second-order valence-electron chi connectivity index (χ2n) is 3.41. The van der Waals surface area contributed by atoms with Crippen LogP contribution in [-0.2, 0) is 19.6 Å². The van der Waals surface area contributed by atoms with Gasteiger partial charge in [0.05, 0.1) is 13.0 Å². The maximum atomic E-state index is 11.9. The molecule has 8 heteroatoms. The number of nitrogens with one attached hydrogen (secondary N) is 1. The fourth-order valence-electron chi connectivity index (χ4n) is 1.29. The van der Waals surface area contributed by atoms with Crippen LogP contribution in [0, 0.1) is 11.3 Å². The molecule has 1 aromatic rings. The van der Waals surface area contributed by atoms with Crippen molar-refractivity contribution in [3.8, 4) is 6.07 Å². The molecule has 0 aromatic carbocycles. The first-order valence-corrected chi connectivity index (χ1v) is 7.00. The number of hydrogen-bond donors (Lipinski definition) is 1. The molecule has 0 spiro atoms. The average Bonchev–Trinajstić information content (AvgIpc) is 2.38. The van der Waals surface area contributed by atoms with Crippen LogP contribution in [0.5, 0.6) is 0 Å². The van der Waals surface area contributed by atoms with Crippen molar-refractivity contribution in [3.63, 3.8) is 0 Å². The third-order valence-corrected chi connectivity index (χ3v) is 3.59. The molecule has 19 heavy (non-hydrogen) atoms. The van der Waals surface area contributed by atoms with Crippen LogP contribution < -0.4 is 4.72 Å². The van der Waals surface area contributed by atoms with E-state index in [0.717, 1.165) is 0 Å². The molecule has 102 valence electrons. The Morgan fingerprint density at radius 1 is 1.58 bits per heavy atom. The predicted molar refractivity (Wildman–Crippen MR) is 65.4 cm³/mol. The Kier molecular flexibility index (Phi) is 5.41. The first kappa shape index (κ1) is 15.1. The van der Waals surface area contributed by atoms with Crippen molar-refractivity contribution in [2.24, 2.45) is 0 Å². The second kappa shape index (κ2) is 6.82. The summed E-state index contributed by atoms with van der Waals surface area (Å²) in [4.78, 5) is 14.5. The SMILES string of the molecule is CCOC(=O)CCNS(=O)(=O)c1cccnc1C#N. The largest absolute Gasteiger partial charge is 0.466 e. The van der Waals surface area contributed by atoms with E-state index in [4.69, 9.17) is 5.26 Å². The summed E-state index contributed by atoms with van der Waals surface area (Å²) in [6.07, 6.45) is 1.26. The Morgan fingerprint density at radius 3 is 2.95 bits per heavy atom. The maximum absolute atomic E-state index is 11.9. The summed E-state index contributed by atoms with van der Waals surface area (Å²) in [5.41, 5.74) is -0.189. The highest BCUT2D eigenvalue weighted by molar-refractivity contribution is 7.89. The molecule has 1 rings (SSSR count). The summed E-state index contributed by atoms with van der Waals surface area (Å²) in [7, 11) is -3.86. The van der Waals surface area contributed by atoms with Crippen LogP contribution in [0.2, 0.25) is 0 Å². The number of nitriles is 1. The van der Waals surface area contributed by atoms with Crippen molar-refractivity contribution < 1.29 is 17.9 Å². The zero-order valence-electron chi connectivity index (χ0n) is 10.3. The number of sulfonamides is 1. The van der Waals surface area contributed by atoms with Gasteiger partial charge in [-0.25, -0.2) is 18.1 Å². The van der Waals surface area contributed by atoms with E-state index < -0.39 is 16.0 Å². The molecule has 0 saturated heterocycles. The minimum Gasteiger partial charge on any atom is -0.466 e. The highest BCUT2D eigenvalue weighted by Crippen LogP contribution is 2.11. The summed E-state index contributed by atoms with van der Waals surface area (Å²) in [6.45, 7) is 1.81. The number of esters is 1. The van der Waals surface area contributed by atoms with Gasteiger partial charge in [0.15, 0.2) is 5.69 Å². The van der Waals surface area contributed by atoms with Crippen molar-refractivity contribution >= 4 is 16.0 Å². The van der Waals surface area contributed by atoms with Gasteiger partial charge in [-0.05, 0) is 19.1 Å². The molecule has 0 saturated carbocycles. The van der Waals surface area contributed by atoms with Crippen molar-refractivity contribution in [2.45, 2.75) is 18.2 Å². The molecule has 0 amide bonds. The van der Waals surface area contributed by atoms with E-state index in [1.54, 1.807) is 13.0 Å². The molecular formula is C11H13N3O4S. The minimum absolute atomic E-state index is 0.0742. The molecule has 0 atom stereocenters. The Labute approximate surface area is 111 Å². The fourth-order valence-corrected chi connectivity index (χ4v) is 2.43. The van der Waals surface area contributed by atoms with Gasteiger partial charge in [-0.15, -0.1) is 0 Å². The van der Waals surface area contributed by atoms with Crippen LogP contribution in [0.4, 0.5) is 0 Å². The van der Waals surface area contributed by atoms with E-state index in [9.17, 15) is 13.2 Å². The van der Waals surface area contributed by atoms with Gasteiger partial charge in [0.2, 0.25) is 10.0 Å². The molecule has 0 aliphatic carbocycles. The van der Waals surface area contributed by atoms with Crippen LogP contribution in [0.15, 0.2) is 23.2 Å². The van der Waals surface area contributed by atoms with E-state index >= 15 is 0 Å². The lowest BCUT2D eigenvalue weighted by atomic mass is 10.4. The van der Waals surface area contributed by atoms with Crippen LogP contribution in [0.25, 0.3) is 0 Å². The van der Waals surface area contributed by atoms with Crippen LogP contribution in [-0.4, -0.2) is 32.5 Å². The number of rotatable bonds is 6. The highest BCUT2D eigenvalue weighted by atomic mass is 32.2. The summed E-state index contributed by atoms with van der Waals surface area (Å²) in [5, 5.41) is 8.79. The zero-order valence-corrected chi connectivity index (χ0v) is 11.1. The lowest BCUT2D eigenvalue weighted by Gasteiger charge is -2.07. The zero-order chi connectivity index (χ0) is 14.3. The average molecular weight is 283 g/mol. The molecule has 0 bridgehead atoms. The molecule has 0 aliphatic heterocycles. The molecule has 1 aromatic heterocycles. The second-order valence-corrected chi connectivity index (χ2v) is 5.15. The number of hydrogen-bond acceptors (Lipinski definition) is 6. The van der Waals surface area contributed by atoms with Crippen molar-refractivity contribution in [2.75, 3.05) is 13.2 Å². The summed E-state index contributed by atoms with van der Waals surface area (Å²) < 4.78 is 30.7. The normalized spacial score (nSPS) is 10.7. The molecule has 1 heterocycles. The van der Waals surface area contributed by atoms with Crippen LogP contribution >= 0.6 is 0 Å². The van der Waals surface area contributed by atoms with Crippen molar-refractivity contribution in [1.29, 1.82) is 5.26 Å². The lowest BCUT2D eigenvalue weighted by molar-refractivity contribution is -0.142. The third-order valence-electron chi connectivity index (χ3n) is 2.09. The third kappa shape index (κ3) is 4.31. The van der Waals surface area contributed by atoms with Gasteiger partial charge in [0.25, 0.3) is 0 Å². The predicted octanol–water partition coefficient (Wildman–Crippen LogP) is 0.185. The first-order chi connectivity index (χ1) is 9.01. The molecule has 0 radical (unpaired) electrons. The Bertz CT molecular complexity index is 592. The first-order valence-electron chi connectivity index (χ1n) is 5.51. The molecule has 7 nitrogen and oxygen atoms in total. The number of carbonyl (C=O) groups is 1. The molecule has 0 unspecified atom stereocenters. The summed E-state index contributed by atoms with van der Waals surface area (Å²) in [6, 6.07) is 4.39. The van der Waals surface area contributed by atoms with E-state index in [1.807, 2.05) is 0 Å². The van der Waals surface area contributed by atoms with Gasteiger partial charge in [0, 0.05) is 12.7 Å². The van der Waals surface area contributed by atoms with Gasteiger partial charge in [-0.2, -0.15) is 5.26 Å². The van der Waals surface area contributed by atoms with Gasteiger partial charge < -0.3 is 4.74 Å². The van der Waals surface area contributed by atoms with E-state index in [-0.39, 0.29) is 30.2 Å². The Morgan fingerprint density at radius 2 is 2.32 bits per heavy atom. The monoisotopic (exact) mass is 283 g/mol. The Hall–Kier alpha value is -1.98. The Balaban J connectivity index is 2.72. The van der Waals surface area contributed by atoms with E-state index in [0.29, 0.717) is 0 Å². The molecule has 0 fully saturated rings. The van der Waals surface area contributed by atoms with E-state index in [1.165, 1.54) is 18.3 Å². The minimum atomic E-state index is -3.86. The lowest BCUT2D eigenvalue weighted by Crippen LogP contribution is -2.27. The maximum Gasteiger partial charge on any atom is 0.307 e. The fraction of sp³-hybridized carbons (Fsp3) is 0.364. The number of carbonyl (C=O) groups excluding carboxylic acids is 1. The van der Waals surface area contributed by atoms with Crippen molar-refractivity contribution in [3.05, 3.63) is 24.0 Å². The highest BCUT2D eigenvalue weighted by Gasteiger charge is 2.19.